The summed E-state index contributed by atoms with van der Waals surface area (Å²) >= 11 is 0. The summed E-state index contributed by atoms with van der Waals surface area (Å²) in [6.07, 6.45) is -0.0877. The van der Waals surface area contributed by atoms with E-state index in [1.54, 1.807) is 23.7 Å². The second kappa shape index (κ2) is 5.95. The summed E-state index contributed by atoms with van der Waals surface area (Å²) < 4.78 is 1.66. The number of carbonyl (C=O) groups excluding carboxylic acids is 1. The van der Waals surface area contributed by atoms with Crippen LogP contribution >= 0.6 is 0 Å². The number of hydrogen-bond donors (Lipinski definition) is 1. The highest BCUT2D eigenvalue weighted by atomic mass is 16.4. The zero-order valence-corrected chi connectivity index (χ0v) is 12.5. The maximum atomic E-state index is 12.7. The molecule has 0 unspecified atom stereocenters. The fourth-order valence-electron chi connectivity index (χ4n) is 2.46. The number of nitrogens with zero attached hydrogens (tertiary/aromatic N) is 1. The first-order chi connectivity index (χ1) is 9.91. The highest BCUT2D eigenvalue weighted by molar-refractivity contribution is 6.09. The molecule has 0 radical (unpaired) electrons. The molecule has 0 aliphatic heterocycles. The Morgan fingerprint density at radius 3 is 2.43 bits per heavy atom. The fraction of sp³-hybridized carbons (Fsp3) is 0.294. The van der Waals surface area contributed by atoms with Gasteiger partial charge in [-0.15, -0.1) is 0 Å². The molecule has 2 rings (SSSR count). The number of carboxylic acids is 1. The maximum absolute atomic E-state index is 12.7. The predicted octanol–water partition coefficient (Wildman–Crippen LogP) is 3.01. The van der Waals surface area contributed by atoms with E-state index in [4.69, 9.17) is 5.11 Å². The molecule has 0 atom stereocenters. The first-order valence-electron chi connectivity index (χ1n) is 6.91. The van der Waals surface area contributed by atoms with Crippen molar-refractivity contribution >= 4 is 11.8 Å². The number of carbonyl (C=O) groups is 2. The molecule has 0 aliphatic carbocycles. The molecule has 0 aliphatic rings. The van der Waals surface area contributed by atoms with Gasteiger partial charge in [-0.1, -0.05) is 38.1 Å². The monoisotopic (exact) mass is 285 g/mol. The molecule has 4 nitrogen and oxygen atoms in total. The standard InChI is InChI=1S/C17H19NO3/c1-11(2)13-6-4-5-7-14(13)17(21)15-9-8-12(18(15)3)10-16(19)20/h4-9,11H,10H2,1-3H3,(H,19,20). The molecule has 21 heavy (non-hydrogen) atoms. The number of ketones is 1. The van der Waals surface area contributed by atoms with E-state index in [1.807, 2.05) is 38.1 Å². The molecule has 1 aromatic carbocycles. The molecule has 4 heteroatoms. The van der Waals surface area contributed by atoms with Crippen LogP contribution in [0.15, 0.2) is 36.4 Å². The van der Waals surface area contributed by atoms with Gasteiger partial charge in [0.05, 0.1) is 12.1 Å². The Bertz CT molecular complexity index is 683. The van der Waals surface area contributed by atoms with Crippen molar-refractivity contribution in [2.45, 2.75) is 26.2 Å². The first-order valence-corrected chi connectivity index (χ1v) is 6.91. The largest absolute Gasteiger partial charge is 0.481 e. The Hall–Kier alpha value is -2.36. The smallest absolute Gasteiger partial charge is 0.309 e. The Morgan fingerprint density at radius 2 is 1.81 bits per heavy atom. The lowest BCUT2D eigenvalue weighted by Crippen LogP contribution is -2.13. The number of aromatic nitrogens is 1. The molecule has 0 saturated carbocycles. The average Bonchev–Trinajstić information content (AvgIpc) is 2.79. The van der Waals surface area contributed by atoms with Crippen molar-refractivity contribution in [2.24, 2.45) is 7.05 Å². The minimum absolute atomic E-state index is 0.0709. The van der Waals surface area contributed by atoms with Crippen LogP contribution in [0.1, 0.15) is 47.1 Å². The molecule has 0 amide bonds. The molecule has 110 valence electrons. The van der Waals surface area contributed by atoms with E-state index < -0.39 is 5.97 Å². The van der Waals surface area contributed by atoms with Crippen LogP contribution in [0.5, 0.6) is 0 Å². The minimum atomic E-state index is -0.905. The van der Waals surface area contributed by atoms with Crippen molar-refractivity contribution < 1.29 is 14.7 Å². The van der Waals surface area contributed by atoms with E-state index in [-0.39, 0.29) is 18.1 Å². The molecular weight excluding hydrogens is 266 g/mol. The normalized spacial score (nSPS) is 10.9. The van der Waals surface area contributed by atoms with Crippen LogP contribution in [0.2, 0.25) is 0 Å². The Labute approximate surface area is 124 Å². The van der Waals surface area contributed by atoms with Gasteiger partial charge in [0.25, 0.3) is 0 Å². The van der Waals surface area contributed by atoms with Crippen LogP contribution in [0, 0.1) is 0 Å². The molecule has 1 heterocycles. The third-order valence-electron chi connectivity index (χ3n) is 3.62. The zero-order chi connectivity index (χ0) is 15.6. The highest BCUT2D eigenvalue weighted by Gasteiger charge is 2.19. The lowest BCUT2D eigenvalue weighted by molar-refractivity contribution is -0.136. The van der Waals surface area contributed by atoms with Crippen molar-refractivity contribution in [3.05, 3.63) is 58.9 Å². The van der Waals surface area contributed by atoms with Gasteiger partial charge >= 0.3 is 5.97 Å². The van der Waals surface area contributed by atoms with Crippen LogP contribution in [-0.4, -0.2) is 21.4 Å². The van der Waals surface area contributed by atoms with Crippen molar-refractivity contribution in [3.63, 3.8) is 0 Å². The molecule has 0 spiro atoms. The molecule has 1 aromatic heterocycles. The predicted molar refractivity (Wildman–Crippen MR) is 80.7 cm³/mol. The fourth-order valence-corrected chi connectivity index (χ4v) is 2.46. The summed E-state index contributed by atoms with van der Waals surface area (Å²) in [5, 5.41) is 8.87. The zero-order valence-electron chi connectivity index (χ0n) is 12.5. The summed E-state index contributed by atoms with van der Waals surface area (Å²) in [7, 11) is 1.73. The third-order valence-corrected chi connectivity index (χ3v) is 3.62. The van der Waals surface area contributed by atoms with Crippen molar-refractivity contribution in [1.82, 2.24) is 4.57 Å². The molecule has 1 N–H and O–H groups in total. The summed E-state index contributed by atoms with van der Waals surface area (Å²) in [6.45, 7) is 4.10. The SMILES string of the molecule is CC(C)c1ccccc1C(=O)c1ccc(CC(=O)O)n1C. The molecule has 0 bridgehead atoms. The van der Waals surface area contributed by atoms with E-state index in [9.17, 15) is 9.59 Å². The van der Waals surface area contributed by atoms with Crippen LogP contribution in [0.4, 0.5) is 0 Å². The van der Waals surface area contributed by atoms with E-state index in [1.165, 1.54) is 0 Å². The lowest BCUT2D eigenvalue weighted by Gasteiger charge is -2.12. The van der Waals surface area contributed by atoms with Crippen LogP contribution in [0.3, 0.4) is 0 Å². The van der Waals surface area contributed by atoms with E-state index in [0.29, 0.717) is 17.0 Å². The summed E-state index contributed by atoms with van der Waals surface area (Å²) in [4.78, 5) is 23.5. The first kappa shape index (κ1) is 15.0. The summed E-state index contributed by atoms with van der Waals surface area (Å²) in [5.74, 6) is -0.722. The quantitative estimate of drug-likeness (QED) is 0.859. The Kier molecular flexibility index (Phi) is 4.26. The number of aliphatic carboxylic acids is 1. The number of benzene rings is 1. The number of carboxylic acid groups (broad SMARTS) is 1. The van der Waals surface area contributed by atoms with Gasteiger partial charge in [-0.2, -0.15) is 0 Å². The van der Waals surface area contributed by atoms with Gasteiger partial charge < -0.3 is 9.67 Å². The Balaban J connectivity index is 2.42. The van der Waals surface area contributed by atoms with Crippen molar-refractivity contribution in [2.75, 3.05) is 0 Å². The van der Waals surface area contributed by atoms with Gasteiger partial charge in [0.2, 0.25) is 5.78 Å². The minimum Gasteiger partial charge on any atom is -0.481 e. The third kappa shape index (κ3) is 3.05. The lowest BCUT2D eigenvalue weighted by atomic mass is 9.94. The second-order valence-corrected chi connectivity index (χ2v) is 5.41. The molecule has 2 aromatic rings. The van der Waals surface area contributed by atoms with Crippen LogP contribution in [-0.2, 0) is 18.3 Å². The molecule has 0 fully saturated rings. The highest BCUT2D eigenvalue weighted by Crippen LogP contribution is 2.22. The number of hydrogen-bond acceptors (Lipinski definition) is 2. The van der Waals surface area contributed by atoms with Gasteiger partial charge in [-0.05, 0) is 23.6 Å². The van der Waals surface area contributed by atoms with Gasteiger partial charge in [0.15, 0.2) is 0 Å². The Morgan fingerprint density at radius 1 is 1.14 bits per heavy atom. The van der Waals surface area contributed by atoms with E-state index >= 15 is 0 Å². The van der Waals surface area contributed by atoms with E-state index in [2.05, 4.69) is 0 Å². The van der Waals surface area contributed by atoms with E-state index in [0.717, 1.165) is 5.56 Å². The average molecular weight is 285 g/mol. The van der Waals surface area contributed by atoms with Gasteiger partial charge in [0.1, 0.15) is 0 Å². The molecule has 0 saturated heterocycles. The maximum Gasteiger partial charge on any atom is 0.309 e. The van der Waals surface area contributed by atoms with Crippen molar-refractivity contribution in [1.29, 1.82) is 0 Å². The van der Waals surface area contributed by atoms with Gasteiger partial charge in [-0.3, -0.25) is 9.59 Å². The molecular formula is C17H19NO3. The van der Waals surface area contributed by atoms with Gasteiger partial charge in [-0.25, -0.2) is 0 Å². The topological polar surface area (TPSA) is 59.3 Å². The number of rotatable bonds is 5. The summed E-state index contributed by atoms with van der Waals surface area (Å²) in [6, 6.07) is 10.9. The second-order valence-electron chi connectivity index (χ2n) is 5.41. The van der Waals surface area contributed by atoms with Gasteiger partial charge in [0, 0.05) is 18.3 Å². The van der Waals surface area contributed by atoms with Crippen LogP contribution < -0.4 is 0 Å². The van der Waals surface area contributed by atoms with Crippen molar-refractivity contribution in [3.8, 4) is 0 Å². The van der Waals surface area contributed by atoms with Crippen LogP contribution in [0.25, 0.3) is 0 Å². The summed E-state index contributed by atoms with van der Waals surface area (Å²) in [5.41, 5.74) is 2.81.